The van der Waals surface area contributed by atoms with Crippen LogP contribution in [0.3, 0.4) is 0 Å². The van der Waals surface area contributed by atoms with Crippen LogP contribution in [0.15, 0.2) is 37.9 Å². The van der Waals surface area contributed by atoms with Crippen LogP contribution in [0.2, 0.25) is 0 Å². The molecule has 636 valence electrons. The molecule has 35 N–H and O–H groups in total. The molecule has 0 radical (unpaired) electrons. The number of hydrogen-bond acceptors (Lipinski definition) is 34. The van der Waals surface area contributed by atoms with Gasteiger partial charge >= 0.3 is 6.09 Å². The fourth-order valence-corrected chi connectivity index (χ4v) is 13.5. The number of rotatable bonds is 46. The number of guanidine groups is 3. The van der Waals surface area contributed by atoms with Crippen molar-refractivity contribution < 1.29 is 103 Å². The second-order valence-electron chi connectivity index (χ2n) is 26.8. The van der Waals surface area contributed by atoms with Crippen molar-refractivity contribution in [3.8, 4) is 0 Å². The van der Waals surface area contributed by atoms with Gasteiger partial charge in [-0.25, -0.2) is 24.7 Å². The Bertz CT molecular complexity index is 3770. The maximum absolute atomic E-state index is 15.3. The summed E-state index contributed by atoms with van der Waals surface area (Å²) in [5.41, 5.74) is 50.2. The van der Waals surface area contributed by atoms with Crippen LogP contribution in [0, 0.1) is 12.8 Å². The number of carbonyl (C=O) groups excluding carboxylic acids is 8. The predicted molar refractivity (Wildman–Crippen MR) is 410 cm³/mol. The van der Waals surface area contributed by atoms with E-state index in [1.807, 2.05) is 0 Å². The number of imidazole rings is 1. The first kappa shape index (κ1) is 93.4. The number of nitrogens with two attached hydrogens (primary N) is 9. The number of aliphatic imine (C=N–C) groups is 4. The van der Waals surface area contributed by atoms with E-state index in [0.29, 0.717) is 79.8 Å². The van der Waals surface area contributed by atoms with E-state index in [2.05, 4.69) is 82.4 Å². The highest BCUT2D eigenvalue weighted by atomic mass is 32.2. The van der Waals surface area contributed by atoms with Gasteiger partial charge in [-0.3, -0.25) is 53.5 Å². The fourth-order valence-electron chi connectivity index (χ4n) is 11.5. The third kappa shape index (κ3) is 28.2. The van der Waals surface area contributed by atoms with Gasteiger partial charge in [0.2, 0.25) is 29.5 Å². The fraction of sp³-hybridized carbons (Fsp3) is 0.662. The summed E-state index contributed by atoms with van der Waals surface area (Å²) >= 11 is 2.69. The molecule has 3 aliphatic heterocycles. The number of ether oxygens (including phenoxy) is 5. The van der Waals surface area contributed by atoms with Gasteiger partial charge in [-0.15, -0.1) is 23.1 Å². The summed E-state index contributed by atoms with van der Waals surface area (Å²) in [4.78, 5) is 144. The van der Waals surface area contributed by atoms with E-state index in [1.54, 1.807) is 5.38 Å². The smallest absolute Gasteiger partial charge is 0.404 e. The molecule has 1 unspecified atom stereocenters. The Labute approximate surface area is 662 Å². The minimum absolute atomic E-state index is 0.00406. The number of thioether (sulfide) groups is 1. The van der Waals surface area contributed by atoms with Gasteiger partial charge in [0.05, 0.1) is 72.7 Å². The number of nitrogen functional groups attached to an aromatic ring is 1. The van der Waals surface area contributed by atoms with E-state index in [-0.39, 0.29) is 66.0 Å². The maximum Gasteiger partial charge on any atom is 0.404 e. The molecule has 20 atom stereocenters. The number of thiazole rings is 1. The minimum Gasteiger partial charge on any atom is -0.441 e. The van der Waals surface area contributed by atoms with Crippen molar-refractivity contribution in [2.75, 3.05) is 77.1 Å². The molecule has 3 aromatic rings. The van der Waals surface area contributed by atoms with Gasteiger partial charge in [0.15, 0.2) is 36.6 Å². The molecule has 6 heterocycles. The van der Waals surface area contributed by atoms with Crippen LogP contribution >= 0.6 is 23.1 Å². The summed E-state index contributed by atoms with van der Waals surface area (Å²) in [7, 11) is 0. The highest BCUT2D eigenvalue weighted by Crippen LogP contribution is 2.36. The van der Waals surface area contributed by atoms with Crippen LogP contribution in [-0.2, 0) is 47.7 Å². The standard InChI is InChI=1S/C65H108N26O21S2/c1-27-40(88-53(91-51(27)68)32(19-38(67)95)83-20-31(66)52(69)101)57(105)90-42(48(33-21-75-26-84-33)110-61-50(46(99)44(97)36(22-92)109-61)111-60-47(100)49(112-65(74)107)45(98)37(23-93)108-60)58(106)85-29(3)43(96)28(2)54(102)89-41(30(4)94)56(104)77-18-11-39-86-35(25-113-39)59-87-34(24-114-59)55(103)76-12-5-7-14-79-63(72)81-16-9-10-17-82-64(73)80-15-8-6-13-78-62(70)71/h21,24,26,28-32,35-37,41-50,60-61,83,92-94,96-100H,5-20,22-23,25,66H2,1-4H3,(H2,67,95)(H2,69,101)(H2,74,107)(H,75,84)(H,76,103)(H,77,104)(H,85,106)(H,89,102)(H,90,105)(H2,68,88,91)(H4,70,71,78)(H3,72,79,81)(H3,73,80,82)/t28-,29+,30+,31-,32+,35?,36-,37+,41-,42-,43-,44+,45+,46-,47-,48-,49-,50-,60+,61-/m0/s1. The molecule has 0 bridgehead atoms. The number of aromatic amines is 1. The van der Waals surface area contributed by atoms with E-state index < -0.39 is 183 Å². The molecule has 0 aliphatic carbocycles. The molecule has 0 aromatic carbocycles. The molecule has 0 spiro atoms. The first-order valence-corrected chi connectivity index (χ1v) is 38.3. The number of aliphatic hydroxyl groups is 8. The Balaban J connectivity index is 1.09. The summed E-state index contributed by atoms with van der Waals surface area (Å²) in [6.45, 7) is 5.83. The van der Waals surface area contributed by atoms with Crippen molar-refractivity contribution in [1.29, 1.82) is 0 Å². The molecule has 114 heavy (non-hydrogen) atoms. The zero-order valence-electron chi connectivity index (χ0n) is 63.2. The number of carbonyl (C=O) groups is 8. The highest BCUT2D eigenvalue weighted by Gasteiger charge is 2.54. The lowest BCUT2D eigenvalue weighted by atomic mass is 9.96. The topological polar surface area (TPSA) is 792 Å². The molecule has 49 heteroatoms. The number of H-pyrrole nitrogens is 1. The Hall–Kier alpha value is -9.45. The van der Waals surface area contributed by atoms with Crippen molar-refractivity contribution in [2.45, 2.75) is 195 Å². The van der Waals surface area contributed by atoms with Crippen LogP contribution in [0.4, 0.5) is 10.6 Å². The minimum atomic E-state index is -2.21. The first-order valence-electron chi connectivity index (χ1n) is 36.5. The molecule has 47 nitrogen and oxygen atoms in total. The molecular weight excluding hydrogens is 1550 g/mol. The summed E-state index contributed by atoms with van der Waals surface area (Å²) in [6, 6.07) is -8.29. The largest absolute Gasteiger partial charge is 0.441 e. The first-order chi connectivity index (χ1) is 54.1. The van der Waals surface area contributed by atoms with E-state index in [9.17, 15) is 74.4 Å². The lowest BCUT2D eigenvalue weighted by Gasteiger charge is -2.47. The molecule has 8 amide bonds. The SMILES string of the molecule is Cc1c(N)nc([C@@H](CC(N)=O)NC[C@H](N)C(N)=O)nc1C(=O)N[C@H](C(=O)N[C@H](C)[C@@H](O)[C@H](C)C(=O)N[C@H](C(=O)NCCC1=NC(c2nc(C(=O)NCCCCNC(N)=NCCCCNC(N)=NCCCCN=C(N)N)cs2)CS1)[C@@H](C)O)[C@@H](O[C@@H]1O[C@@H](CO)[C@@H](O)[C@H](O)[C@@H]1O[C@H]1O[C@H](CO)[C@@H](O)[C@H](OC(N)=O)[C@@H]1O)c1cnc[nH]1. The second kappa shape index (κ2) is 46.2. The summed E-state index contributed by atoms with van der Waals surface area (Å²) in [5, 5.41) is 113. The number of aromatic nitrogens is 5. The maximum atomic E-state index is 15.3. The summed E-state index contributed by atoms with van der Waals surface area (Å²) < 4.78 is 28.8. The van der Waals surface area contributed by atoms with Crippen LogP contribution in [0.25, 0.3) is 0 Å². The summed E-state index contributed by atoms with van der Waals surface area (Å²) in [5.74, 6) is -7.55. The van der Waals surface area contributed by atoms with Crippen LogP contribution in [0.5, 0.6) is 0 Å². The van der Waals surface area contributed by atoms with E-state index in [0.717, 1.165) is 38.2 Å². The van der Waals surface area contributed by atoms with Gasteiger partial charge in [0, 0.05) is 81.9 Å². The number of amides is 8. The van der Waals surface area contributed by atoms with Gasteiger partial charge < -0.3 is 164 Å². The molecule has 2 saturated heterocycles. The van der Waals surface area contributed by atoms with E-state index in [1.165, 1.54) is 50.8 Å². The van der Waals surface area contributed by atoms with Gasteiger partial charge in [-0.1, -0.05) is 6.92 Å². The van der Waals surface area contributed by atoms with Gasteiger partial charge in [-0.2, -0.15) is 0 Å². The van der Waals surface area contributed by atoms with Crippen molar-refractivity contribution in [1.82, 2.24) is 67.5 Å². The van der Waals surface area contributed by atoms with E-state index in [4.69, 9.17) is 80.3 Å². The van der Waals surface area contributed by atoms with Crippen molar-refractivity contribution in [2.24, 2.45) is 71.8 Å². The number of primary amides is 3. The summed E-state index contributed by atoms with van der Waals surface area (Å²) in [6.07, 6.45) is -20.7. The van der Waals surface area contributed by atoms with Crippen molar-refractivity contribution >= 4 is 99.3 Å². The van der Waals surface area contributed by atoms with Gasteiger partial charge in [0.25, 0.3) is 11.8 Å². The van der Waals surface area contributed by atoms with E-state index >= 15 is 4.79 Å². The lowest BCUT2D eigenvalue weighted by molar-refractivity contribution is -0.372. The number of nitrogens with zero attached hydrogens (tertiary/aromatic N) is 8. The number of unbranched alkanes of at least 4 members (excludes halogenated alkanes) is 3. The van der Waals surface area contributed by atoms with Crippen molar-refractivity contribution in [3.05, 3.63) is 51.4 Å². The molecule has 2 fully saturated rings. The number of aliphatic hydroxyl groups excluding tert-OH is 8. The normalized spacial score (nSPS) is 23.5. The van der Waals surface area contributed by atoms with Crippen LogP contribution < -0.4 is 94.1 Å². The Morgan fingerprint density at radius 3 is 1.93 bits per heavy atom. The monoisotopic (exact) mass is 1650 g/mol. The van der Waals surface area contributed by atoms with Crippen LogP contribution in [0.1, 0.15) is 133 Å². The second-order valence-corrected chi connectivity index (χ2v) is 28.8. The zero-order valence-corrected chi connectivity index (χ0v) is 64.8. The third-order valence-corrected chi connectivity index (χ3v) is 20.1. The number of nitrogens with one attached hydrogen (secondary N) is 9. The number of anilines is 1. The van der Waals surface area contributed by atoms with Crippen molar-refractivity contribution in [3.63, 3.8) is 0 Å². The number of hydrogen-bond donors (Lipinski definition) is 26. The Morgan fingerprint density at radius 2 is 1.32 bits per heavy atom. The predicted octanol–water partition coefficient (Wildman–Crippen LogP) is -9.64. The average Bonchev–Trinajstić information content (AvgIpc) is 0.856. The van der Waals surface area contributed by atoms with Gasteiger partial charge in [0.1, 0.15) is 95.0 Å². The van der Waals surface area contributed by atoms with Crippen LogP contribution in [-0.4, -0.2) is 305 Å². The molecule has 6 rings (SSSR count). The molecule has 0 saturated carbocycles. The highest BCUT2D eigenvalue weighted by molar-refractivity contribution is 8.14. The zero-order chi connectivity index (χ0) is 84.0. The van der Waals surface area contributed by atoms with Gasteiger partial charge in [-0.05, 0) is 59.3 Å². The molecule has 3 aliphatic rings. The average molecular weight is 1650 g/mol. The third-order valence-electron chi connectivity index (χ3n) is 18.0. The Morgan fingerprint density at radius 1 is 0.702 bits per heavy atom. The lowest BCUT2D eigenvalue weighted by Crippen LogP contribution is -2.65. The quantitative estimate of drug-likeness (QED) is 0.0142. The molecule has 3 aromatic heterocycles. The Kier molecular flexibility index (Phi) is 37.8. The molecular formula is C65H108N26O21S2.